The van der Waals surface area contributed by atoms with Gasteiger partial charge in [-0.3, -0.25) is 0 Å². The van der Waals surface area contributed by atoms with Gasteiger partial charge in [0.15, 0.2) is 5.16 Å². The minimum atomic E-state index is 0. The highest BCUT2D eigenvalue weighted by molar-refractivity contribution is 7.99. The largest absolute Gasteiger partial charge is 0.317 e. The number of benzene rings is 1. The van der Waals surface area contributed by atoms with Crippen LogP contribution < -0.4 is 0 Å². The molecule has 0 spiro atoms. The number of aromatic nitrogens is 2. The fraction of sp³-hybridized carbons (Fsp3) is 0.357. The number of rotatable bonds is 6. The molecule has 0 bridgehead atoms. The van der Waals surface area contributed by atoms with Crippen LogP contribution in [0.25, 0.3) is 0 Å². The number of hydrogen-bond donors (Lipinski definition) is 0. The molecule has 0 unspecified atom stereocenters. The van der Waals surface area contributed by atoms with E-state index < -0.39 is 0 Å². The van der Waals surface area contributed by atoms with Crippen molar-refractivity contribution in [2.75, 3.05) is 5.75 Å². The molecule has 0 radical (unpaired) electrons. The van der Waals surface area contributed by atoms with Crippen molar-refractivity contribution in [3.8, 4) is 0 Å². The van der Waals surface area contributed by atoms with E-state index in [9.17, 15) is 0 Å². The maximum Gasteiger partial charge on any atom is 0.168 e. The molecule has 1 aromatic heterocycles. The van der Waals surface area contributed by atoms with Gasteiger partial charge in [0.1, 0.15) is 0 Å². The van der Waals surface area contributed by atoms with Crippen molar-refractivity contribution in [2.24, 2.45) is 0 Å². The smallest absolute Gasteiger partial charge is 0.168 e. The molecule has 2 nitrogen and oxygen atoms in total. The second kappa shape index (κ2) is 8.83. The molecule has 1 aromatic carbocycles. The Morgan fingerprint density at radius 3 is 2.70 bits per heavy atom. The summed E-state index contributed by atoms with van der Waals surface area (Å²) in [5.74, 6) is 1.52. The van der Waals surface area contributed by atoms with Crippen LogP contribution in [0.1, 0.15) is 24.6 Å². The van der Waals surface area contributed by atoms with E-state index in [0.29, 0.717) is 12.4 Å². The lowest BCUT2D eigenvalue weighted by molar-refractivity contribution is 0.685. The van der Waals surface area contributed by atoms with Gasteiger partial charge in [-0.1, -0.05) is 48.5 Å². The molecule has 1 heterocycles. The van der Waals surface area contributed by atoms with Gasteiger partial charge in [-0.05, 0) is 18.1 Å². The Kier molecular flexibility index (Phi) is 7.82. The fourth-order valence-electron chi connectivity index (χ4n) is 1.77. The Bertz CT molecular complexity index is 543. The molecular weight excluding hydrogens is 335 g/mol. The Labute approximate surface area is 140 Å². The van der Waals surface area contributed by atoms with Gasteiger partial charge in [0.25, 0.3) is 0 Å². The number of hydrogen-bond acceptors (Lipinski definition) is 2. The summed E-state index contributed by atoms with van der Waals surface area (Å²) in [5, 5.41) is 1.79. The normalized spacial score (nSPS) is 10.3. The average Bonchev–Trinajstić information content (AvgIpc) is 2.81. The quantitative estimate of drug-likeness (QED) is 0.522. The Balaban J connectivity index is 0.00000200. The molecule has 0 N–H and O–H groups in total. The second-order valence-electron chi connectivity index (χ2n) is 4.19. The van der Waals surface area contributed by atoms with Crippen LogP contribution in [0.3, 0.4) is 0 Å². The highest BCUT2D eigenvalue weighted by Crippen LogP contribution is 2.24. The van der Waals surface area contributed by atoms with Crippen LogP contribution in [0.2, 0.25) is 5.02 Å². The van der Waals surface area contributed by atoms with Crippen LogP contribution in [0.4, 0.5) is 0 Å². The summed E-state index contributed by atoms with van der Waals surface area (Å²) >= 11 is 14.0. The molecule has 0 atom stereocenters. The summed E-state index contributed by atoms with van der Waals surface area (Å²) in [6, 6.07) is 7.88. The van der Waals surface area contributed by atoms with E-state index in [1.54, 1.807) is 11.8 Å². The van der Waals surface area contributed by atoms with E-state index in [1.807, 2.05) is 30.5 Å². The predicted molar refractivity (Wildman–Crippen MR) is 90.6 cm³/mol. The van der Waals surface area contributed by atoms with Crippen molar-refractivity contribution in [3.63, 3.8) is 0 Å². The minimum absolute atomic E-state index is 0. The zero-order valence-corrected chi connectivity index (χ0v) is 14.3. The molecule has 6 heteroatoms. The fourth-order valence-corrected chi connectivity index (χ4v) is 3.03. The van der Waals surface area contributed by atoms with E-state index in [0.717, 1.165) is 33.6 Å². The third-order valence-electron chi connectivity index (χ3n) is 2.76. The first kappa shape index (κ1) is 17.7. The van der Waals surface area contributed by atoms with Gasteiger partial charge in [0.05, 0.1) is 24.3 Å². The van der Waals surface area contributed by atoms with Gasteiger partial charge < -0.3 is 4.57 Å². The zero-order chi connectivity index (χ0) is 13.7. The van der Waals surface area contributed by atoms with Crippen molar-refractivity contribution in [2.45, 2.75) is 30.9 Å². The van der Waals surface area contributed by atoms with E-state index in [1.165, 1.54) is 0 Å². The topological polar surface area (TPSA) is 17.8 Å². The first-order chi connectivity index (χ1) is 9.26. The van der Waals surface area contributed by atoms with Crippen LogP contribution >= 0.6 is 47.4 Å². The molecule has 0 amide bonds. The predicted octanol–water partition coefficient (Wildman–Crippen LogP) is 5.25. The molecule has 0 saturated heterocycles. The van der Waals surface area contributed by atoms with E-state index in [2.05, 4.69) is 16.5 Å². The number of alkyl halides is 1. The van der Waals surface area contributed by atoms with E-state index in [4.69, 9.17) is 23.2 Å². The SMILES string of the molecule is CCCSc1ncc(CCl)n1Cc1ccccc1Cl.Cl. The second-order valence-corrected chi connectivity index (χ2v) is 5.93. The van der Waals surface area contributed by atoms with E-state index in [-0.39, 0.29) is 12.4 Å². The minimum Gasteiger partial charge on any atom is -0.317 e. The molecule has 0 aliphatic heterocycles. The molecule has 0 aliphatic carbocycles. The van der Waals surface area contributed by atoms with Gasteiger partial charge in [0, 0.05) is 10.8 Å². The third-order valence-corrected chi connectivity index (χ3v) is 4.60. The highest BCUT2D eigenvalue weighted by Gasteiger charge is 2.11. The summed E-state index contributed by atoms with van der Waals surface area (Å²) in [5.41, 5.74) is 2.12. The first-order valence-electron chi connectivity index (χ1n) is 6.22. The van der Waals surface area contributed by atoms with Crippen molar-refractivity contribution < 1.29 is 0 Å². The van der Waals surface area contributed by atoms with Crippen molar-refractivity contribution >= 4 is 47.4 Å². The molecule has 2 rings (SSSR count). The zero-order valence-electron chi connectivity index (χ0n) is 11.2. The molecule has 0 saturated carbocycles. The molecule has 110 valence electrons. The van der Waals surface area contributed by atoms with Crippen molar-refractivity contribution in [1.82, 2.24) is 9.55 Å². The molecule has 2 aromatic rings. The maximum atomic E-state index is 6.22. The lowest BCUT2D eigenvalue weighted by Gasteiger charge is -2.11. The Morgan fingerprint density at radius 1 is 1.30 bits per heavy atom. The number of thioether (sulfide) groups is 1. The van der Waals surface area contributed by atoms with Crippen LogP contribution in [-0.4, -0.2) is 15.3 Å². The van der Waals surface area contributed by atoms with Gasteiger partial charge in [-0.25, -0.2) is 4.98 Å². The average molecular weight is 352 g/mol. The van der Waals surface area contributed by atoms with E-state index >= 15 is 0 Å². The van der Waals surface area contributed by atoms with Crippen molar-refractivity contribution in [3.05, 3.63) is 46.7 Å². The first-order valence-corrected chi connectivity index (χ1v) is 8.12. The summed E-state index contributed by atoms with van der Waals surface area (Å²) in [4.78, 5) is 4.45. The summed E-state index contributed by atoms with van der Waals surface area (Å²) < 4.78 is 2.15. The monoisotopic (exact) mass is 350 g/mol. The third kappa shape index (κ3) is 4.32. The molecule has 20 heavy (non-hydrogen) atoms. The molecule has 0 aliphatic rings. The van der Waals surface area contributed by atoms with Crippen LogP contribution in [0.15, 0.2) is 35.6 Å². The van der Waals surface area contributed by atoms with Crippen molar-refractivity contribution in [1.29, 1.82) is 0 Å². The number of imidazole rings is 1. The van der Waals surface area contributed by atoms with Gasteiger partial charge in [-0.2, -0.15) is 0 Å². The van der Waals surface area contributed by atoms with Crippen LogP contribution in [0.5, 0.6) is 0 Å². The molecule has 0 fully saturated rings. The highest BCUT2D eigenvalue weighted by atomic mass is 35.5. The number of nitrogens with zero attached hydrogens (tertiary/aromatic N) is 2. The Hall–Kier alpha value is -0.350. The standard InChI is InChI=1S/C14H16Cl2N2S.ClH/c1-2-7-19-14-17-9-12(8-15)18(14)10-11-5-3-4-6-13(11)16;/h3-6,9H,2,7-8,10H2,1H3;1H. The summed E-state index contributed by atoms with van der Waals surface area (Å²) in [6.07, 6.45) is 2.97. The number of halogens is 3. The Morgan fingerprint density at radius 2 is 2.05 bits per heavy atom. The summed E-state index contributed by atoms with van der Waals surface area (Å²) in [6.45, 7) is 2.88. The van der Waals surface area contributed by atoms with Crippen LogP contribution in [-0.2, 0) is 12.4 Å². The van der Waals surface area contributed by atoms with Gasteiger partial charge in [0.2, 0.25) is 0 Å². The molecular formula is C14H17Cl3N2S. The summed E-state index contributed by atoms with van der Waals surface area (Å²) in [7, 11) is 0. The van der Waals surface area contributed by atoms with Gasteiger partial charge in [-0.15, -0.1) is 24.0 Å². The lowest BCUT2D eigenvalue weighted by Crippen LogP contribution is -2.05. The lowest BCUT2D eigenvalue weighted by atomic mass is 10.2. The van der Waals surface area contributed by atoms with Gasteiger partial charge >= 0.3 is 0 Å². The van der Waals surface area contributed by atoms with Crippen LogP contribution in [0, 0.1) is 0 Å². The maximum absolute atomic E-state index is 6.22.